The van der Waals surface area contributed by atoms with Gasteiger partial charge in [-0.2, -0.15) is 5.10 Å². The lowest BCUT2D eigenvalue weighted by Gasteiger charge is -2.11. The van der Waals surface area contributed by atoms with Crippen LogP contribution in [0.1, 0.15) is 13.8 Å². The van der Waals surface area contributed by atoms with Gasteiger partial charge in [0.05, 0.1) is 17.1 Å². The number of hydrogen-bond donors (Lipinski definition) is 1. The molecule has 1 aromatic carbocycles. The van der Waals surface area contributed by atoms with Crippen LogP contribution in [0, 0.1) is 5.92 Å². The van der Waals surface area contributed by atoms with Crippen LogP contribution in [0.5, 0.6) is 0 Å². The Hall–Kier alpha value is -3.19. The number of nitrogens with one attached hydrogen (secondary N) is 1. The van der Waals surface area contributed by atoms with E-state index in [-0.39, 0.29) is 17.4 Å². The maximum Gasteiger partial charge on any atom is 0.280 e. The molecule has 0 aliphatic heterocycles. The van der Waals surface area contributed by atoms with Crippen molar-refractivity contribution in [2.45, 2.75) is 13.8 Å². The normalized spacial score (nSPS) is 11.4. The molecular weight excluding hydrogens is 366 g/mol. The molecule has 136 valence electrons. The van der Waals surface area contributed by atoms with E-state index in [1.807, 2.05) is 12.1 Å². The molecule has 0 aliphatic rings. The molecule has 1 N–H and O–H groups in total. The second-order valence-corrected chi connectivity index (χ2v) is 6.92. The molecule has 0 saturated heterocycles. The molecule has 4 aromatic rings. The number of nitrogens with zero attached hydrogens (tertiary/aromatic N) is 4. The van der Waals surface area contributed by atoms with E-state index in [0.717, 1.165) is 11.1 Å². The zero-order chi connectivity index (χ0) is 19.1. The van der Waals surface area contributed by atoms with Crippen molar-refractivity contribution in [1.29, 1.82) is 0 Å². The summed E-state index contributed by atoms with van der Waals surface area (Å²) in [6.45, 7) is 3.52. The molecule has 4 rings (SSSR count). The van der Waals surface area contributed by atoms with Crippen LogP contribution in [0.25, 0.3) is 27.7 Å². The zero-order valence-electron chi connectivity index (χ0n) is 14.7. The second kappa shape index (κ2) is 6.51. The Morgan fingerprint density at radius 2 is 1.89 bits per heavy atom. The van der Waals surface area contributed by atoms with E-state index in [0.29, 0.717) is 21.6 Å². The first kappa shape index (κ1) is 17.2. The summed E-state index contributed by atoms with van der Waals surface area (Å²) in [5, 5.41) is 5.40. The first-order valence-corrected chi connectivity index (χ1v) is 8.78. The van der Waals surface area contributed by atoms with Crippen molar-refractivity contribution in [2.24, 2.45) is 5.92 Å². The van der Waals surface area contributed by atoms with E-state index in [9.17, 15) is 9.59 Å². The van der Waals surface area contributed by atoms with Gasteiger partial charge in [0.2, 0.25) is 5.91 Å². The maximum absolute atomic E-state index is 12.7. The molecule has 0 saturated carbocycles. The van der Waals surface area contributed by atoms with E-state index in [4.69, 9.17) is 11.6 Å². The van der Waals surface area contributed by atoms with Crippen LogP contribution in [0.2, 0.25) is 5.02 Å². The summed E-state index contributed by atoms with van der Waals surface area (Å²) < 4.78 is 2.79. The summed E-state index contributed by atoms with van der Waals surface area (Å²) in [5.74, 6) is -0.476. The Morgan fingerprint density at radius 3 is 2.59 bits per heavy atom. The van der Waals surface area contributed by atoms with E-state index >= 15 is 0 Å². The van der Waals surface area contributed by atoms with E-state index in [2.05, 4.69) is 15.5 Å². The summed E-state index contributed by atoms with van der Waals surface area (Å²) in [6, 6.07) is 9.12. The summed E-state index contributed by atoms with van der Waals surface area (Å²) in [6.07, 6.45) is 4.73. The second-order valence-electron chi connectivity index (χ2n) is 6.48. The molecule has 3 heterocycles. The fourth-order valence-corrected chi connectivity index (χ4v) is 2.91. The first-order valence-electron chi connectivity index (χ1n) is 8.40. The first-order chi connectivity index (χ1) is 13.0. The lowest BCUT2D eigenvalue weighted by atomic mass is 10.1. The SMILES string of the molecule is CC(C)C(=O)Nn1ccc2c(cnc3c(-c4ccc(Cl)cc4)cnn32)c1=O. The molecule has 0 atom stereocenters. The minimum absolute atomic E-state index is 0.235. The Labute approximate surface area is 159 Å². The number of amides is 1. The summed E-state index contributed by atoms with van der Waals surface area (Å²) in [7, 11) is 0. The van der Waals surface area contributed by atoms with Gasteiger partial charge in [-0.25, -0.2) is 14.2 Å². The highest BCUT2D eigenvalue weighted by Crippen LogP contribution is 2.26. The molecule has 0 radical (unpaired) electrons. The molecule has 1 amide bonds. The minimum Gasteiger partial charge on any atom is -0.273 e. The number of rotatable bonds is 3. The molecule has 0 fully saturated rings. The number of carbonyl (C=O) groups excluding carboxylic acids is 1. The van der Waals surface area contributed by atoms with Gasteiger partial charge in [0.25, 0.3) is 5.56 Å². The number of fused-ring (bicyclic) bond motifs is 3. The molecule has 0 aliphatic carbocycles. The van der Waals surface area contributed by atoms with Crippen LogP contribution in [-0.2, 0) is 4.79 Å². The van der Waals surface area contributed by atoms with Gasteiger partial charge in [-0.15, -0.1) is 0 Å². The van der Waals surface area contributed by atoms with Crippen LogP contribution < -0.4 is 11.0 Å². The van der Waals surface area contributed by atoms with Crippen LogP contribution in [0.3, 0.4) is 0 Å². The molecule has 0 unspecified atom stereocenters. The average molecular weight is 382 g/mol. The van der Waals surface area contributed by atoms with Crippen molar-refractivity contribution in [3.05, 3.63) is 64.3 Å². The van der Waals surface area contributed by atoms with Crippen molar-refractivity contribution in [3.63, 3.8) is 0 Å². The van der Waals surface area contributed by atoms with Gasteiger partial charge in [-0.3, -0.25) is 15.0 Å². The van der Waals surface area contributed by atoms with Crippen molar-refractivity contribution in [1.82, 2.24) is 19.3 Å². The highest BCUT2D eigenvalue weighted by atomic mass is 35.5. The number of halogens is 1. The topological polar surface area (TPSA) is 81.3 Å². The van der Waals surface area contributed by atoms with Gasteiger partial charge in [0.15, 0.2) is 5.65 Å². The number of hydrogen-bond acceptors (Lipinski definition) is 4. The van der Waals surface area contributed by atoms with Gasteiger partial charge in [0.1, 0.15) is 0 Å². The van der Waals surface area contributed by atoms with Gasteiger partial charge < -0.3 is 0 Å². The third-order valence-corrected chi connectivity index (χ3v) is 4.56. The molecule has 0 spiro atoms. The monoisotopic (exact) mass is 381 g/mol. The number of carbonyl (C=O) groups is 1. The highest BCUT2D eigenvalue weighted by molar-refractivity contribution is 6.30. The Morgan fingerprint density at radius 1 is 1.15 bits per heavy atom. The Kier molecular flexibility index (Phi) is 4.16. The average Bonchev–Trinajstić information content (AvgIpc) is 3.09. The maximum atomic E-state index is 12.7. The Bertz CT molecular complexity index is 1220. The smallest absolute Gasteiger partial charge is 0.273 e. The molecule has 7 nitrogen and oxygen atoms in total. The number of aromatic nitrogens is 4. The van der Waals surface area contributed by atoms with Gasteiger partial charge in [-0.1, -0.05) is 37.6 Å². The van der Waals surface area contributed by atoms with Crippen molar-refractivity contribution >= 4 is 34.1 Å². The summed E-state index contributed by atoms with van der Waals surface area (Å²) in [4.78, 5) is 29.0. The van der Waals surface area contributed by atoms with Crippen molar-refractivity contribution in [2.75, 3.05) is 5.43 Å². The zero-order valence-corrected chi connectivity index (χ0v) is 15.4. The highest BCUT2D eigenvalue weighted by Gasteiger charge is 2.14. The fourth-order valence-electron chi connectivity index (χ4n) is 2.79. The molecule has 3 aromatic heterocycles. The predicted octanol–water partition coefficient (Wildman–Crippen LogP) is 3.09. The van der Waals surface area contributed by atoms with Gasteiger partial charge in [-0.05, 0) is 23.8 Å². The lowest BCUT2D eigenvalue weighted by Crippen LogP contribution is -2.35. The molecular formula is C19H16ClN5O2. The Balaban J connectivity index is 1.85. The quantitative estimate of drug-likeness (QED) is 0.591. The van der Waals surface area contributed by atoms with Crippen molar-refractivity contribution in [3.8, 4) is 11.1 Å². The molecule has 8 heteroatoms. The third kappa shape index (κ3) is 2.96. The fraction of sp³-hybridized carbons (Fsp3) is 0.158. The number of benzene rings is 1. The van der Waals surface area contributed by atoms with Crippen LogP contribution in [0.15, 0.2) is 53.7 Å². The predicted molar refractivity (Wildman–Crippen MR) is 104 cm³/mol. The van der Waals surface area contributed by atoms with Crippen LogP contribution in [0.4, 0.5) is 0 Å². The van der Waals surface area contributed by atoms with Crippen molar-refractivity contribution < 1.29 is 4.79 Å². The van der Waals surface area contributed by atoms with E-state index in [1.165, 1.54) is 17.1 Å². The largest absolute Gasteiger partial charge is 0.280 e. The number of pyridine rings is 1. The van der Waals surface area contributed by atoms with Gasteiger partial charge >= 0.3 is 0 Å². The molecule has 0 bridgehead atoms. The van der Waals surface area contributed by atoms with E-state index in [1.54, 1.807) is 42.8 Å². The van der Waals surface area contributed by atoms with Crippen LogP contribution in [-0.4, -0.2) is 25.2 Å². The minimum atomic E-state index is -0.362. The van der Waals surface area contributed by atoms with Crippen LogP contribution >= 0.6 is 11.6 Å². The van der Waals surface area contributed by atoms with E-state index < -0.39 is 0 Å². The third-order valence-electron chi connectivity index (χ3n) is 4.30. The lowest BCUT2D eigenvalue weighted by molar-refractivity contribution is -0.119. The summed E-state index contributed by atoms with van der Waals surface area (Å²) >= 11 is 5.95. The molecule has 27 heavy (non-hydrogen) atoms. The van der Waals surface area contributed by atoms with Gasteiger partial charge in [0, 0.05) is 28.9 Å². The standard InChI is InChI=1S/C19H16ClN5O2/c1-11(2)18(26)23-24-8-7-16-15(19(24)27)9-21-17-14(10-22-25(16)17)12-3-5-13(20)6-4-12/h3-11H,1-2H3,(H,23,26). The summed E-state index contributed by atoms with van der Waals surface area (Å²) in [5.41, 5.74) is 5.23.